The van der Waals surface area contributed by atoms with E-state index >= 15 is 0 Å². The molecule has 0 saturated heterocycles. The van der Waals surface area contributed by atoms with Gasteiger partial charge in [0.15, 0.2) is 0 Å². The summed E-state index contributed by atoms with van der Waals surface area (Å²) in [5.74, 6) is 0.0557. The fourth-order valence-corrected chi connectivity index (χ4v) is 1.55. The van der Waals surface area contributed by atoms with Crippen LogP contribution in [0, 0.1) is 0 Å². The van der Waals surface area contributed by atoms with Crippen LogP contribution < -0.4 is 10.6 Å². The van der Waals surface area contributed by atoms with E-state index in [0.29, 0.717) is 26.2 Å². The van der Waals surface area contributed by atoms with Gasteiger partial charge in [0.05, 0.1) is 13.2 Å². The van der Waals surface area contributed by atoms with Crippen molar-refractivity contribution in [2.45, 2.75) is 26.0 Å². The number of benzene rings is 1. The van der Waals surface area contributed by atoms with Crippen molar-refractivity contribution in [1.29, 1.82) is 0 Å². The Bertz CT molecular complexity index is 347. The summed E-state index contributed by atoms with van der Waals surface area (Å²) in [5, 5.41) is 5.84. The van der Waals surface area contributed by atoms with Crippen LogP contribution in [0.15, 0.2) is 30.3 Å². The second-order valence-corrected chi connectivity index (χ2v) is 4.32. The Balaban J connectivity index is 0.00000324. The first-order chi connectivity index (χ1) is 8.72. The van der Waals surface area contributed by atoms with Crippen molar-refractivity contribution >= 4 is 18.3 Å². The largest absolute Gasteiger partial charge is 0.375 e. The van der Waals surface area contributed by atoms with E-state index in [-0.39, 0.29) is 24.4 Å². The number of nitrogens with one attached hydrogen (secondary N) is 2. The quantitative estimate of drug-likeness (QED) is 0.765. The number of halogens is 1. The van der Waals surface area contributed by atoms with Gasteiger partial charge in [-0.15, -0.1) is 12.4 Å². The Morgan fingerprint density at radius 3 is 2.63 bits per heavy atom. The highest BCUT2D eigenvalue weighted by atomic mass is 35.5. The maximum absolute atomic E-state index is 11.4. The van der Waals surface area contributed by atoms with E-state index in [0.717, 1.165) is 5.56 Å². The Morgan fingerprint density at radius 1 is 1.32 bits per heavy atom. The molecule has 1 rings (SSSR count). The van der Waals surface area contributed by atoms with E-state index in [1.165, 1.54) is 0 Å². The summed E-state index contributed by atoms with van der Waals surface area (Å²) in [6, 6.07) is 10.0. The van der Waals surface area contributed by atoms with E-state index in [2.05, 4.69) is 10.6 Å². The topological polar surface area (TPSA) is 50.4 Å². The SMILES string of the molecule is CNCCC(=O)NC(C)COCc1ccccc1.Cl. The molecule has 5 heteroatoms. The van der Waals surface area contributed by atoms with Gasteiger partial charge in [-0.1, -0.05) is 30.3 Å². The Kier molecular flexibility index (Phi) is 10.2. The van der Waals surface area contributed by atoms with Crippen molar-refractivity contribution in [3.8, 4) is 0 Å². The highest BCUT2D eigenvalue weighted by Crippen LogP contribution is 2.00. The van der Waals surface area contributed by atoms with Crippen LogP contribution in [-0.4, -0.2) is 32.1 Å². The molecule has 0 aromatic heterocycles. The van der Waals surface area contributed by atoms with Crippen LogP contribution in [0.2, 0.25) is 0 Å². The standard InChI is InChI=1S/C14H22N2O2.ClH/c1-12(16-14(17)8-9-15-2)10-18-11-13-6-4-3-5-7-13;/h3-7,12,15H,8-11H2,1-2H3,(H,16,17);1H. The molecule has 0 aliphatic carbocycles. The van der Waals surface area contributed by atoms with Gasteiger partial charge in [0.25, 0.3) is 0 Å². The second kappa shape index (κ2) is 10.8. The molecule has 0 fully saturated rings. The minimum Gasteiger partial charge on any atom is -0.375 e. The molecule has 0 bridgehead atoms. The molecule has 108 valence electrons. The number of carbonyl (C=O) groups excluding carboxylic acids is 1. The second-order valence-electron chi connectivity index (χ2n) is 4.32. The van der Waals surface area contributed by atoms with Crippen LogP contribution in [0.1, 0.15) is 18.9 Å². The highest BCUT2D eigenvalue weighted by Gasteiger charge is 2.06. The molecule has 0 aliphatic rings. The fraction of sp³-hybridized carbons (Fsp3) is 0.500. The molecule has 1 unspecified atom stereocenters. The summed E-state index contributed by atoms with van der Waals surface area (Å²) in [6.07, 6.45) is 0.500. The lowest BCUT2D eigenvalue weighted by atomic mass is 10.2. The Morgan fingerprint density at radius 2 is 2.00 bits per heavy atom. The number of ether oxygens (including phenoxy) is 1. The van der Waals surface area contributed by atoms with Crippen LogP contribution in [0.3, 0.4) is 0 Å². The third kappa shape index (κ3) is 8.59. The van der Waals surface area contributed by atoms with Gasteiger partial charge in [0.1, 0.15) is 0 Å². The summed E-state index contributed by atoms with van der Waals surface area (Å²) in [4.78, 5) is 11.4. The van der Waals surface area contributed by atoms with E-state index in [1.807, 2.05) is 44.3 Å². The van der Waals surface area contributed by atoms with Gasteiger partial charge in [0.2, 0.25) is 5.91 Å². The highest BCUT2D eigenvalue weighted by molar-refractivity contribution is 5.85. The molecule has 2 N–H and O–H groups in total. The van der Waals surface area contributed by atoms with E-state index < -0.39 is 0 Å². The van der Waals surface area contributed by atoms with Gasteiger partial charge in [-0.05, 0) is 19.5 Å². The van der Waals surface area contributed by atoms with Gasteiger partial charge in [-0.25, -0.2) is 0 Å². The van der Waals surface area contributed by atoms with Crippen molar-refractivity contribution in [2.24, 2.45) is 0 Å². The van der Waals surface area contributed by atoms with Gasteiger partial charge in [0, 0.05) is 19.0 Å². The molecule has 0 heterocycles. The summed E-state index contributed by atoms with van der Waals surface area (Å²) in [6.45, 7) is 3.75. The van der Waals surface area contributed by atoms with Crippen LogP contribution in [-0.2, 0) is 16.1 Å². The lowest BCUT2D eigenvalue weighted by Gasteiger charge is -2.14. The molecular formula is C14H23ClN2O2. The first kappa shape index (κ1) is 17.9. The number of amides is 1. The number of rotatable bonds is 8. The summed E-state index contributed by atoms with van der Waals surface area (Å²) in [7, 11) is 1.83. The molecule has 0 aliphatic heterocycles. The molecule has 0 spiro atoms. The lowest BCUT2D eigenvalue weighted by molar-refractivity contribution is -0.122. The third-order valence-electron chi connectivity index (χ3n) is 2.49. The number of hydrogen-bond acceptors (Lipinski definition) is 3. The number of carbonyl (C=O) groups is 1. The van der Waals surface area contributed by atoms with Gasteiger partial charge < -0.3 is 15.4 Å². The molecule has 1 aromatic carbocycles. The van der Waals surface area contributed by atoms with Crippen LogP contribution >= 0.6 is 12.4 Å². The van der Waals surface area contributed by atoms with Crippen LogP contribution in [0.5, 0.6) is 0 Å². The van der Waals surface area contributed by atoms with Crippen LogP contribution in [0.25, 0.3) is 0 Å². The average Bonchev–Trinajstić information content (AvgIpc) is 2.37. The van der Waals surface area contributed by atoms with Crippen molar-refractivity contribution in [3.05, 3.63) is 35.9 Å². The molecule has 1 atom stereocenters. The number of hydrogen-bond donors (Lipinski definition) is 2. The van der Waals surface area contributed by atoms with Crippen molar-refractivity contribution in [1.82, 2.24) is 10.6 Å². The first-order valence-electron chi connectivity index (χ1n) is 6.28. The molecule has 4 nitrogen and oxygen atoms in total. The normalized spacial score (nSPS) is 11.5. The molecule has 0 radical (unpaired) electrons. The molecule has 19 heavy (non-hydrogen) atoms. The van der Waals surface area contributed by atoms with Crippen molar-refractivity contribution in [2.75, 3.05) is 20.2 Å². The van der Waals surface area contributed by atoms with Crippen LogP contribution in [0.4, 0.5) is 0 Å². The zero-order valence-corrected chi connectivity index (χ0v) is 12.3. The Labute approximate surface area is 121 Å². The maximum Gasteiger partial charge on any atom is 0.221 e. The van der Waals surface area contributed by atoms with E-state index in [4.69, 9.17) is 4.74 Å². The summed E-state index contributed by atoms with van der Waals surface area (Å²) < 4.78 is 5.56. The molecule has 0 saturated carbocycles. The van der Waals surface area contributed by atoms with Gasteiger partial charge in [-0.2, -0.15) is 0 Å². The van der Waals surface area contributed by atoms with Crippen molar-refractivity contribution in [3.63, 3.8) is 0 Å². The van der Waals surface area contributed by atoms with Crippen molar-refractivity contribution < 1.29 is 9.53 Å². The lowest BCUT2D eigenvalue weighted by Crippen LogP contribution is -2.37. The van der Waals surface area contributed by atoms with Gasteiger partial charge in [-0.3, -0.25) is 4.79 Å². The predicted molar refractivity (Wildman–Crippen MR) is 79.5 cm³/mol. The first-order valence-corrected chi connectivity index (χ1v) is 6.28. The smallest absolute Gasteiger partial charge is 0.221 e. The molecular weight excluding hydrogens is 264 g/mol. The molecule has 1 amide bonds. The third-order valence-corrected chi connectivity index (χ3v) is 2.49. The summed E-state index contributed by atoms with van der Waals surface area (Å²) in [5.41, 5.74) is 1.14. The predicted octanol–water partition coefficient (Wildman–Crippen LogP) is 1.74. The Hall–Kier alpha value is -1.10. The average molecular weight is 287 g/mol. The minimum absolute atomic E-state index is 0. The van der Waals surface area contributed by atoms with E-state index in [1.54, 1.807) is 0 Å². The monoisotopic (exact) mass is 286 g/mol. The fourth-order valence-electron chi connectivity index (χ4n) is 1.55. The van der Waals surface area contributed by atoms with Gasteiger partial charge >= 0.3 is 0 Å². The minimum atomic E-state index is 0. The summed E-state index contributed by atoms with van der Waals surface area (Å²) >= 11 is 0. The molecule has 1 aromatic rings. The zero-order chi connectivity index (χ0) is 13.2. The maximum atomic E-state index is 11.4. The zero-order valence-electron chi connectivity index (χ0n) is 11.5. The van der Waals surface area contributed by atoms with E-state index in [9.17, 15) is 4.79 Å².